The van der Waals surface area contributed by atoms with E-state index in [1.807, 2.05) is 47.0 Å². The summed E-state index contributed by atoms with van der Waals surface area (Å²) in [5, 5.41) is 6.64. The third-order valence-corrected chi connectivity index (χ3v) is 4.27. The van der Waals surface area contributed by atoms with Crippen LogP contribution >= 0.6 is 11.8 Å². The minimum Gasteiger partial charge on any atom is -0.356 e. The minimum absolute atomic E-state index is 0.0967. The lowest BCUT2D eigenvalue weighted by Crippen LogP contribution is -2.44. The molecule has 1 aromatic carbocycles. The second-order valence-corrected chi connectivity index (χ2v) is 6.22. The molecule has 5 nitrogen and oxygen atoms in total. The number of hydrogen-bond acceptors (Lipinski definition) is 3. The summed E-state index contributed by atoms with van der Waals surface area (Å²) in [6.45, 7) is 1.57. The van der Waals surface area contributed by atoms with E-state index in [1.165, 1.54) is 0 Å². The molecular formula is C16H24N4OS. The molecule has 0 spiro atoms. The first-order valence-electron chi connectivity index (χ1n) is 7.56. The minimum atomic E-state index is 0.0967. The number of para-hydroxylation sites is 1. The van der Waals surface area contributed by atoms with Crippen LogP contribution in [0.3, 0.4) is 0 Å². The lowest BCUT2D eigenvalue weighted by Gasteiger charge is -2.19. The Morgan fingerprint density at radius 1 is 1.41 bits per heavy atom. The Bertz CT molecular complexity index is 506. The van der Waals surface area contributed by atoms with Gasteiger partial charge in [-0.3, -0.25) is 9.79 Å². The van der Waals surface area contributed by atoms with E-state index in [0.717, 1.165) is 30.4 Å². The molecular weight excluding hydrogens is 296 g/mol. The second-order valence-electron chi connectivity index (χ2n) is 5.23. The predicted octanol–water partition coefficient (Wildman–Crippen LogP) is 1.71. The van der Waals surface area contributed by atoms with Crippen molar-refractivity contribution in [1.82, 2.24) is 10.6 Å². The number of carbonyl (C=O) groups is 1. The van der Waals surface area contributed by atoms with Crippen molar-refractivity contribution in [2.24, 2.45) is 4.99 Å². The van der Waals surface area contributed by atoms with Gasteiger partial charge < -0.3 is 15.5 Å². The van der Waals surface area contributed by atoms with Gasteiger partial charge in [-0.15, -0.1) is 0 Å². The van der Waals surface area contributed by atoms with Crippen molar-refractivity contribution in [1.29, 1.82) is 0 Å². The number of rotatable bonds is 6. The summed E-state index contributed by atoms with van der Waals surface area (Å²) in [4.78, 5) is 18.2. The maximum absolute atomic E-state index is 12.2. The Morgan fingerprint density at radius 2 is 2.18 bits per heavy atom. The molecule has 1 aliphatic rings. The highest BCUT2D eigenvalue weighted by Crippen LogP contribution is 2.20. The van der Waals surface area contributed by atoms with Crippen molar-refractivity contribution >= 4 is 29.3 Å². The van der Waals surface area contributed by atoms with E-state index in [2.05, 4.69) is 21.9 Å². The van der Waals surface area contributed by atoms with Crippen LogP contribution in [0.4, 0.5) is 5.69 Å². The third-order valence-electron chi connectivity index (χ3n) is 3.58. The van der Waals surface area contributed by atoms with Gasteiger partial charge in [-0.1, -0.05) is 18.2 Å². The van der Waals surface area contributed by atoms with Gasteiger partial charge in [0, 0.05) is 32.2 Å². The number of aliphatic imine (C=N–C) groups is 1. The number of anilines is 1. The van der Waals surface area contributed by atoms with Crippen LogP contribution in [0.2, 0.25) is 0 Å². The zero-order valence-electron chi connectivity index (χ0n) is 13.2. The molecule has 0 bridgehead atoms. The van der Waals surface area contributed by atoms with Gasteiger partial charge in [0.1, 0.15) is 0 Å². The SMILES string of the molecule is CN=C(NCCCSC)NC1CC(=O)N(c2ccccc2)C1. The van der Waals surface area contributed by atoms with Gasteiger partial charge in [0.25, 0.3) is 0 Å². The van der Waals surface area contributed by atoms with Crippen molar-refractivity contribution in [3.63, 3.8) is 0 Å². The van der Waals surface area contributed by atoms with Crippen LogP contribution in [0.1, 0.15) is 12.8 Å². The van der Waals surface area contributed by atoms with Crippen LogP contribution in [0, 0.1) is 0 Å². The summed E-state index contributed by atoms with van der Waals surface area (Å²) in [6.07, 6.45) is 3.71. The number of nitrogens with zero attached hydrogens (tertiary/aromatic N) is 2. The fourth-order valence-corrected chi connectivity index (χ4v) is 2.91. The highest BCUT2D eigenvalue weighted by molar-refractivity contribution is 7.98. The largest absolute Gasteiger partial charge is 0.356 e. The first-order valence-corrected chi connectivity index (χ1v) is 8.95. The Labute approximate surface area is 136 Å². The predicted molar refractivity (Wildman–Crippen MR) is 94.7 cm³/mol. The molecule has 120 valence electrons. The number of nitrogens with one attached hydrogen (secondary N) is 2. The lowest BCUT2D eigenvalue weighted by atomic mass is 10.2. The first kappa shape index (κ1) is 16.7. The quantitative estimate of drug-likeness (QED) is 0.476. The number of guanidine groups is 1. The van der Waals surface area contributed by atoms with Crippen molar-refractivity contribution in [2.75, 3.05) is 37.0 Å². The van der Waals surface area contributed by atoms with Gasteiger partial charge >= 0.3 is 0 Å². The standard InChI is InChI=1S/C16H24N4OS/c1-17-16(18-9-6-10-22-2)19-13-11-15(21)20(12-13)14-7-4-3-5-8-14/h3-5,7-8,13H,6,9-12H2,1-2H3,(H2,17,18,19). The Kier molecular flexibility index (Phi) is 6.58. The summed E-state index contributed by atoms with van der Waals surface area (Å²) in [6, 6.07) is 9.90. The Hall–Kier alpha value is -1.69. The third kappa shape index (κ3) is 4.66. The molecule has 0 saturated carbocycles. The van der Waals surface area contributed by atoms with Crippen molar-refractivity contribution in [2.45, 2.75) is 18.9 Å². The van der Waals surface area contributed by atoms with E-state index in [9.17, 15) is 4.79 Å². The number of amides is 1. The summed E-state index contributed by atoms with van der Waals surface area (Å²) in [5.41, 5.74) is 0.958. The van der Waals surface area contributed by atoms with E-state index >= 15 is 0 Å². The molecule has 0 aromatic heterocycles. The maximum Gasteiger partial charge on any atom is 0.229 e. The molecule has 1 aliphatic heterocycles. The fraction of sp³-hybridized carbons (Fsp3) is 0.500. The number of benzene rings is 1. The summed E-state index contributed by atoms with van der Waals surface area (Å²) < 4.78 is 0. The maximum atomic E-state index is 12.2. The molecule has 2 N–H and O–H groups in total. The number of thioether (sulfide) groups is 1. The van der Waals surface area contributed by atoms with Crippen LogP contribution in [0.15, 0.2) is 35.3 Å². The van der Waals surface area contributed by atoms with Gasteiger partial charge in [-0.05, 0) is 30.6 Å². The van der Waals surface area contributed by atoms with Gasteiger partial charge in [0.2, 0.25) is 5.91 Å². The molecule has 1 atom stereocenters. The monoisotopic (exact) mass is 320 g/mol. The van der Waals surface area contributed by atoms with Crippen LogP contribution in [-0.4, -0.2) is 50.1 Å². The molecule has 1 fully saturated rings. The van der Waals surface area contributed by atoms with Crippen molar-refractivity contribution in [3.8, 4) is 0 Å². The molecule has 0 radical (unpaired) electrons. The number of carbonyl (C=O) groups excluding carboxylic acids is 1. The molecule has 6 heteroatoms. The van der Waals surface area contributed by atoms with E-state index in [4.69, 9.17) is 0 Å². The van der Waals surface area contributed by atoms with Crippen molar-refractivity contribution < 1.29 is 4.79 Å². The zero-order chi connectivity index (χ0) is 15.8. The van der Waals surface area contributed by atoms with E-state index < -0.39 is 0 Å². The van der Waals surface area contributed by atoms with Crippen LogP contribution in [0.25, 0.3) is 0 Å². The highest BCUT2D eigenvalue weighted by Gasteiger charge is 2.30. The highest BCUT2D eigenvalue weighted by atomic mass is 32.2. The molecule has 1 unspecified atom stereocenters. The average Bonchev–Trinajstić information content (AvgIpc) is 2.91. The number of hydrogen-bond donors (Lipinski definition) is 2. The Morgan fingerprint density at radius 3 is 2.86 bits per heavy atom. The Balaban J connectivity index is 1.85. The van der Waals surface area contributed by atoms with Crippen LogP contribution in [0.5, 0.6) is 0 Å². The molecule has 1 aromatic rings. The van der Waals surface area contributed by atoms with Crippen molar-refractivity contribution in [3.05, 3.63) is 30.3 Å². The summed E-state index contributed by atoms with van der Waals surface area (Å²) >= 11 is 1.84. The molecule has 1 heterocycles. The molecule has 2 rings (SSSR count). The van der Waals surface area contributed by atoms with E-state index in [-0.39, 0.29) is 11.9 Å². The zero-order valence-corrected chi connectivity index (χ0v) is 14.0. The van der Waals surface area contributed by atoms with Crippen LogP contribution < -0.4 is 15.5 Å². The van der Waals surface area contributed by atoms with Gasteiger partial charge in [0.15, 0.2) is 5.96 Å². The topological polar surface area (TPSA) is 56.7 Å². The van der Waals surface area contributed by atoms with Gasteiger partial charge in [0.05, 0.1) is 6.04 Å². The fourth-order valence-electron chi connectivity index (χ4n) is 2.47. The molecule has 22 heavy (non-hydrogen) atoms. The van der Waals surface area contributed by atoms with Gasteiger partial charge in [-0.25, -0.2) is 0 Å². The van der Waals surface area contributed by atoms with Crippen LogP contribution in [-0.2, 0) is 4.79 Å². The second kappa shape index (κ2) is 8.68. The molecule has 0 aliphatic carbocycles. The van der Waals surface area contributed by atoms with E-state index in [1.54, 1.807) is 7.05 Å². The summed E-state index contributed by atoms with van der Waals surface area (Å²) in [7, 11) is 1.76. The molecule has 1 saturated heterocycles. The normalized spacial score (nSPS) is 18.6. The first-order chi connectivity index (χ1) is 10.7. The summed E-state index contributed by atoms with van der Waals surface area (Å²) in [5.74, 6) is 2.06. The van der Waals surface area contributed by atoms with E-state index in [0.29, 0.717) is 13.0 Å². The smallest absolute Gasteiger partial charge is 0.229 e. The average molecular weight is 320 g/mol. The van der Waals surface area contributed by atoms with Gasteiger partial charge in [-0.2, -0.15) is 11.8 Å². The molecule has 1 amide bonds. The lowest BCUT2D eigenvalue weighted by molar-refractivity contribution is -0.117.